The lowest BCUT2D eigenvalue weighted by molar-refractivity contribution is 0.611. The Hall–Kier alpha value is -2.55. The maximum atomic E-state index is 6.03. The minimum absolute atomic E-state index is 0.600. The molecule has 3 heteroatoms. The van der Waals surface area contributed by atoms with Gasteiger partial charge in [0.05, 0.1) is 11.9 Å². The molecule has 0 saturated heterocycles. The van der Waals surface area contributed by atoms with Crippen molar-refractivity contribution in [2.45, 2.75) is 32.7 Å². The largest absolute Gasteiger partial charge is 0.369 e. The summed E-state index contributed by atoms with van der Waals surface area (Å²) in [6, 6.07) is 19.0. The number of benzene rings is 2. The lowest BCUT2D eigenvalue weighted by Crippen LogP contribution is -2.05. The molecule has 0 spiro atoms. The number of anilines is 1. The van der Waals surface area contributed by atoms with Crippen LogP contribution in [-0.4, -0.2) is 9.55 Å². The second-order valence-electron chi connectivity index (χ2n) is 5.80. The minimum Gasteiger partial charge on any atom is -0.369 e. The molecule has 3 nitrogen and oxygen atoms in total. The monoisotopic (exact) mass is 305 g/mol. The topological polar surface area (TPSA) is 43.8 Å². The van der Waals surface area contributed by atoms with Gasteiger partial charge in [0.2, 0.25) is 5.95 Å². The Balaban J connectivity index is 1.85. The summed E-state index contributed by atoms with van der Waals surface area (Å²) < 4.78 is 2.12. The van der Waals surface area contributed by atoms with Gasteiger partial charge in [-0.2, -0.15) is 0 Å². The van der Waals surface area contributed by atoms with E-state index in [1.807, 2.05) is 12.3 Å². The van der Waals surface area contributed by atoms with Crippen molar-refractivity contribution in [1.82, 2.24) is 9.55 Å². The molecule has 118 valence electrons. The van der Waals surface area contributed by atoms with Crippen LogP contribution in [0.4, 0.5) is 5.95 Å². The van der Waals surface area contributed by atoms with Crippen LogP contribution in [0.25, 0.3) is 22.4 Å². The van der Waals surface area contributed by atoms with Crippen LogP contribution in [0, 0.1) is 0 Å². The molecule has 0 aliphatic rings. The molecule has 1 heterocycles. The van der Waals surface area contributed by atoms with Gasteiger partial charge >= 0.3 is 0 Å². The minimum atomic E-state index is 0.600. The predicted octanol–water partition coefficient (Wildman–Crippen LogP) is 4.99. The number of aromatic nitrogens is 2. The second kappa shape index (κ2) is 7.14. The molecule has 0 unspecified atom stereocenters. The van der Waals surface area contributed by atoms with Crippen molar-refractivity contribution in [3.05, 3.63) is 60.8 Å². The van der Waals surface area contributed by atoms with Crippen molar-refractivity contribution in [2.75, 3.05) is 5.73 Å². The highest BCUT2D eigenvalue weighted by molar-refractivity contribution is 5.69. The van der Waals surface area contributed by atoms with Gasteiger partial charge < -0.3 is 10.3 Å². The fourth-order valence-electron chi connectivity index (χ4n) is 2.84. The standard InChI is InChI=1S/C20H23N3/c1-2-3-7-14-23-19(15-22-20(23)21)18-12-10-17(11-13-18)16-8-5-4-6-9-16/h4-6,8-13,15H,2-3,7,14H2,1H3,(H2,21,22). The molecular formula is C20H23N3. The molecule has 23 heavy (non-hydrogen) atoms. The van der Waals surface area contributed by atoms with Crippen LogP contribution in [0.3, 0.4) is 0 Å². The predicted molar refractivity (Wildman–Crippen MR) is 97.0 cm³/mol. The molecule has 0 atom stereocenters. The van der Waals surface area contributed by atoms with Crippen molar-refractivity contribution in [3.8, 4) is 22.4 Å². The van der Waals surface area contributed by atoms with Gasteiger partial charge in [-0.25, -0.2) is 4.98 Å². The zero-order valence-corrected chi connectivity index (χ0v) is 13.6. The van der Waals surface area contributed by atoms with Gasteiger partial charge in [-0.15, -0.1) is 0 Å². The molecule has 3 rings (SSSR count). The smallest absolute Gasteiger partial charge is 0.200 e. The van der Waals surface area contributed by atoms with Crippen molar-refractivity contribution in [2.24, 2.45) is 0 Å². The van der Waals surface area contributed by atoms with Crippen LogP contribution in [0.2, 0.25) is 0 Å². The molecule has 2 N–H and O–H groups in total. The highest BCUT2D eigenvalue weighted by Crippen LogP contribution is 2.26. The highest BCUT2D eigenvalue weighted by atomic mass is 15.1. The van der Waals surface area contributed by atoms with E-state index in [1.54, 1.807) is 0 Å². The van der Waals surface area contributed by atoms with E-state index in [9.17, 15) is 0 Å². The summed E-state index contributed by atoms with van der Waals surface area (Å²) in [6.45, 7) is 3.13. The lowest BCUT2D eigenvalue weighted by atomic mass is 10.0. The third kappa shape index (κ3) is 3.45. The fourth-order valence-corrected chi connectivity index (χ4v) is 2.84. The van der Waals surface area contributed by atoms with Gasteiger partial charge in [0.15, 0.2) is 0 Å². The van der Waals surface area contributed by atoms with E-state index in [4.69, 9.17) is 5.73 Å². The molecule has 0 amide bonds. The average Bonchev–Trinajstić information content (AvgIpc) is 2.97. The maximum absolute atomic E-state index is 6.03. The Bertz CT molecular complexity index is 742. The van der Waals surface area contributed by atoms with E-state index in [0.29, 0.717) is 5.95 Å². The summed E-state index contributed by atoms with van der Waals surface area (Å²) in [4.78, 5) is 4.29. The van der Waals surface area contributed by atoms with Crippen molar-refractivity contribution >= 4 is 5.95 Å². The summed E-state index contributed by atoms with van der Waals surface area (Å²) in [7, 11) is 0. The van der Waals surface area contributed by atoms with E-state index in [2.05, 4.69) is 65.0 Å². The van der Waals surface area contributed by atoms with E-state index in [0.717, 1.165) is 24.2 Å². The first kappa shape index (κ1) is 15.3. The number of hydrogen-bond acceptors (Lipinski definition) is 2. The maximum Gasteiger partial charge on any atom is 0.200 e. The van der Waals surface area contributed by atoms with Gasteiger partial charge in [-0.05, 0) is 23.1 Å². The Morgan fingerprint density at radius 3 is 2.22 bits per heavy atom. The van der Waals surface area contributed by atoms with Crippen molar-refractivity contribution in [1.29, 1.82) is 0 Å². The number of nitrogens with zero attached hydrogens (tertiary/aromatic N) is 2. The zero-order valence-electron chi connectivity index (χ0n) is 13.6. The summed E-state index contributed by atoms with van der Waals surface area (Å²) in [5.74, 6) is 0.600. The third-order valence-electron chi connectivity index (χ3n) is 4.16. The number of hydrogen-bond donors (Lipinski definition) is 1. The number of imidazole rings is 1. The van der Waals surface area contributed by atoms with Crippen molar-refractivity contribution < 1.29 is 0 Å². The Morgan fingerprint density at radius 2 is 1.52 bits per heavy atom. The van der Waals surface area contributed by atoms with Crippen LogP contribution in [0.15, 0.2) is 60.8 Å². The zero-order chi connectivity index (χ0) is 16.1. The van der Waals surface area contributed by atoms with E-state index >= 15 is 0 Å². The van der Waals surface area contributed by atoms with Gasteiger partial charge in [-0.1, -0.05) is 74.4 Å². The Morgan fingerprint density at radius 1 is 0.870 bits per heavy atom. The van der Waals surface area contributed by atoms with E-state index in [1.165, 1.54) is 24.0 Å². The quantitative estimate of drug-likeness (QED) is 0.652. The van der Waals surface area contributed by atoms with Gasteiger partial charge in [0.25, 0.3) is 0 Å². The summed E-state index contributed by atoms with van der Waals surface area (Å²) in [5.41, 5.74) is 10.7. The summed E-state index contributed by atoms with van der Waals surface area (Å²) in [5, 5.41) is 0. The Kier molecular flexibility index (Phi) is 4.77. The number of nitrogen functional groups attached to an aromatic ring is 1. The molecule has 0 fully saturated rings. The lowest BCUT2D eigenvalue weighted by Gasteiger charge is -2.10. The number of nitrogens with two attached hydrogens (primary N) is 1. The molecular weight excluding hydrogens is 282 g/mol. The van der Waals surface area contributed by atoms with E-state index < -0.39 is 0 Å². The van der Waals surface area contributed by atoms with Crippen LogP contribution in [0.1, 0.15) is 26.2 Å². The number of unbranched alkanes of at least 4 members (excludes halogenated alkanes) is 2. The van der Waals surface area contributed by atoms with Crippen LogP contribution in [-0.2, 0) is 6.54 Å². The molecule has 3 aromatic rings. The van der Waals surface area contributed by atoms with Gasteiger partial charge in [-0.3, -0.25) is 0 Å². The highest BCUT2D eigenvalue weighted by Gasteiger charge is 2.09. The van der Waals surface area contributed by atoms with Crippen LogP contribution >= 0.6 is 0 Å². The average molecular weight is 305 g/mol. The molecule has 2 aromatic carbocycles. The molecule has 0 radical (unpaired) electrons. The normalized spacial score (nSPS) is 10.8. The SMILES string of the molecule is CCCCCn1c(-c2ccc(-c3ccccc3)cc2)cnc1N. The first-order valence-corrected chi connectivity index (χ1v) is 8.26. The molecule has 0 bridgehead atoms. The first-order chi connectivity index (χ1) is 11.3. The van der Waals surface area contributed by atoms with Crippen LogP contribution < -0.4 is 5.73 Å². The van der Waals surface area contributed by atoms with Crippen molar-refractivity contribution in [3.63, 3.8) is 0 Å². The first-order valence-electron chi connectivity index (χ1n) is 8.26. The fraction of sp³-hybridized carbons (Fsp3) is 0.250. The number of rotatable bonds is 6. The van der Waals surface area contributed by atoms with Gasteiger partial charge in [0, 0.05) is 6.54 Å². The summed E-state index contributed by atoms with van der Waals surface area (Å²) in [6.07, 6.45) is 5.42. The Labute approximate surface area is 137 Å². The van der Waals surface area contributed by atoms with Gasteiger partial charge in [0.1, 0.15) is 0 Å². The molecule has 1 aromatic heterocycles. The summed E-state index contributed by atoms with van der Waals surface area (Å²) >= 11 is 0. The van der Waals surface area contributed by atoms with Crippen LogP contribution in [0.5, 0.6) is 0 Å². The third-order valence-corrected chi connectivity index (χ3v) is 4.16. The molecule has 0 saturated carbocycles. The molecule has 0 aliphatic carbocycles. The second-order valence-corrected chi connectivity index (χ2v) is 5.80. The molecule has 0 aliphatic heterocycles. The van der Waals surface area contributed by atoms with E-state index in [-0.39, 0.29) is 0 Å².